The largest absolute Gasteiger partial charge is 0.507 e. The zero-order valence-corrected chi connectivity index (χ0v) is 16.3. The van der Waals surface area contributed by atoms with E-state index in [2.05, 4.69) is 11.8 Å². The van der Waals surface area contributed by atoms with Gasteiger partial charge in [-0.2, -0.15) is 0 Å². The smallest absolute Gasteiger partial charge is 0.231 e. The Kier molecular flexibility index (Phi) is 5.09. The lowest BCUT2D eigenvalue weighted by atomic mass is 9.99. The summed E-state index contributed by atoms with van der Waals surface area (Å²) in [6.45, 7) is 4.81. The van der Waals surface area contributed by atoms with Crippen molar-refractivity contribution in [1.29, 1.82) is 0 Å². The summed E-state index contributed by atoms with van der Waals surface area (Å²) < 4.78 is 11.2. The molecule has 1 N–H and O–H groups in total. The van der Waals surface area contributed by atoms with Gasteiger partial charge in [-0.1, -0.05) is 19.1 Å². The van der Waals surface area contributed by atoms with Gasteiger partial charge in [0.2, 0.25) is 5.78 Å². The van der Waals surface area contributed by atoms with E-state index in [0.29, 0.717) is 29.3 Å². The van der Waals surface area contributed by atoms with Crippen LogP contribution >= 0.6 is 0 Å². The van der Waals surface area contributed by atoms with E-state index in [4.69, 9.17) is 9.47 Å². The van der Waals surface area contributed by atoms with E-state index in [0.717, 1.165) is 30.8 Å². The highest BCUT2D eigenvalue weighted by Gasteiger charge is 2.32. The molecule has 2 heterocycles. The van der Waals surface area contributed by atoms with Crippen LogP contribution in [0.25, 0.3) is 6.08 Å². The van der Waals surface area contributed by atoms with Crippen molar-refractivity contribution in [2.24, 2.45) is 5.92 Å². The fraction of sp³-hybridized carbons (Fsp3) is 0.348. The van der Waals surface area contributed by atoms with Crippen LogP contribution in [-0.4, -0.2) is 36.0 Å². The molecule has 1 fully saturated rings. The van der Waals surface area contributed by atoms with Crippen molar-refractivity contribution in [2.75, 3.05) is 20.2 Å². The van der Waals surface area contributed by atoms with Gasteiger partial charge in [-0.05, 0) is 61.2 Å². The van der Waals surface area contributed by atoms with Gasteiger partial charge >= 0.3 is 0 Å². The summed E-state index contributed by atoms with van der Waals surface area (Å²) in [5, 5.41) is 10.4. The number of carbonyl (C=O) groups is 1. The number of rotatable bonds is 4. The van der Waals surface area contributed by atoms with Gasteiger partial charge in [0.1, 0.15) is 17.2 Å². The van der Waals surface area contributed by atoms with Crippen molar-refractivity contribution in [3.8, 4) is 17.2 Å². The second kappa shape index (κ2) is 7.68. The third-order valence-corrected chi connectivity index (χ3v) is 5.43. The molecule has 28 heavy (non-hydrogen) atoms. The number of likely N-dealkylation sites (tertiary alicyclic amines) is 1. The molecule has 1 atom stereocenters. The predicted molar refractivity (Wildman–Crippen MR) is 108 cm³/mol. The van der Waals surface area contributed by atoms with Crippen LogP contribution in [0, 0.1) is 5.92 Å². The summed E-state index contributed by atoms with van der Waals surface area (Å²) in [5.74, 6) is 2.12. The third-order valence-electron chi connectivity index (χ3n) is 5.43. The molecule has 0 amide bonds. The van der Waals surface area contributed by atoms with Crippen LogP contribution in [0.1, 0.15) is 41.3 Å². The van der Waals surface area contributed by atoms with Crippen molar-refractivity contribution < 1.29 is 19.4 Å². The highest BCUT2D eigenvalue weighted by Crippen LogP contribution is 2.40. The van der Waals surface area contributed by atoms with E-state index in [1.165, 1.54) is 6.42 Å². The Morgan fingerprint density at radius 1 is 1.32 bits per heavy atom. The van der Waals surface area contributed by atoms with Gasteiger partial charge in [0.05, 0.1) is 18.2 Å². The molecule has 2 aliphatic heterocycles. The van der Waals surface area contributed by atoms with Gasteiger partial charge in [0.25, 0.3) is 0 Å². The molecule has 2 aliphatic rings. The fourth-order valence-electron chi connectivity index (χ4n) is 3.99. The molecular formula is C23H25NO4. The molecule has 0 spiro atoms. The number of carbonyl (C=O) groups excluding carboxylic acids is 1. The molecule has 0 saturated carbocycles. The van der Waals surface area contributed by atoms with Crippen molar-refractivity contribution >= 4 is 11.9 Å². The van der Waals surface area contributed by atoms with Crippen molar-refractivity contribution in [1.82, 2.24) is 4.90 Å². The zero-order chi connectivity index (χ0) is 19.7. The number of benzene rings is 2. The number of ketones is 1. The molecule has 4 rings (SSSR count). The topological polar surface area (TPSA) is 59.0 Å². The van der Waals surface area contributed by atoms with Gasteiger partial charge in [-0.15, -0.1) is 0 Å². The van der Waals surface area contributed by atoms with Gasteiger partial charge < -0.3 is 14.6 Å². The average molecular weight is 379 g/mol. The highest BCUT2D eigenvalue weighted by atomic mass is 16.5. The number of phenols is 1. The molecule has 5 nitrogen and oxygen atoms in total. The van der Waals surface area contributed by atoms with Crippen molar-refractivity contribution in [2.45, 2.75) is 26.3 Å². The van der Waals surface area contributed by atoms with Crippen LogP contribution in [0.3, 0.4) is 0 Å². The second-order valence-electron chi connectivity index (χ2n) is 7.64. The van der Waals surface area contributed by atoms with E-state index in [1.54, 1.807) is 25.3 Å². The lowest BCUT2D eigenvalue weighted by Crippen LogP contribution is -2.33. The number of methoxy groups -OCH3 is 1. The number of hydrogen-bond acceptors (Lipinski definition) is 5. The number of fused-ring (bicyclic) bond motifs is 1. The molecule has 5 heteroatoms. The Bertz CT molecular complexity index is 934. The summed E-state index contributed by atoms with van der Waals surface area (Å²) in [6, 6.07) is 10.7. The van der Waals surface area contributed by atoms with Crippen LogP contribution in [-0.2, 0) is 6.54 Å². The van der Waals surface area contributed by atoms with Crippen LogP contribution in [0.4, 0.5) is 0 Å². The van der Waals surface area contributed by atoms with Crippen LogP contribution in [0.5, 0.6) is 17.2 Å². The maximum Gasteiger partial charge on any atom is 0.231 e. The maximum absolute atomic E-state index is 12.8. The average Bonchev–Trinajstić information content (AvgIpc) is 3.00. The minimum absolute atomic E-state index is 0.161. The minimum atomic E-state index is -0.161. The summed E-state index contributed by atoms with van der Waals surface area (Å²) in [4.78, 5) is 15.2. The first-order valence-electron chi connectivity index (χ1n) is 9.70. The number of aromatic hydroxyl groups is 1. The van der Waals surface area contributed by atoms with E-state index in [-0.39, 0.29) is 17.3 Å². The SMILES string of the molecule is COc1cccc(C=C2Oc3c(ccc(O)c3CN3CCC[C@H](C)C3)C2=O)c1. The van der Waals surface area contributed by atoms with E-state index < -0.39 is 0 Å². The Morgan fingerprint density at radius 2 is 2.18 bits per heavy atom. The Morgan fingerprint density at radius 3 is 2.96 bits per heavy atom. The lowest BCUT2D eigenvalue weighted by Gasteiger charge is -2.31. The molecule has 0 aromatic heterocycles. The molecule has 2 aromatic rings. The Balaban J connectivity index is 1.63. The number of piperidine rings is 1. The standard InChI is InChI=1S/C23H25NO4/c1-15-5-4-10-24(13-15)14-19-20(25)9-8-18-22(26)21(28-23(18)19)12-16-6-3-7-17(11-16)27-2/h3,6-9,11-12,15,25H,4-5,10,13-14H2,1-2H3/t15-/m0/s1. The van der Waals surface area contributed by atoms with Gasteiger partial charge in [0.15, 0.2) is 5.76 Å². The monoisotopic (exact) mass is 379 g/mol. The number of nitrogens with zero attached hydrogens (tertiary/aromatic N) is 1. The number of phenolic OH excluding ortho intramolecular Hbond substituents is 1. The van der Waals surface area contributed by atoms with Gasteiger partial charge in [0, 0.05) is 13.1 Å². The quantitative estimate of drug-likeness (QED) is 0.805. The van der Waals surface area contributed by atoms with E-state index in [9.17, 15) is 9.90 Å². The first kappa shape index (κ1) is 18.6. The van der Waals surface area contributed by atoms with Gasteiger partial charge in [-0.25, -0.2) is 0 Å². The summed E-state index contributed by atoms with van der Waals surface area (Å²) in [7, 11) is 1.61. The first-order chi connectivity index (χ1) is 13.5. The number of allylic oxidation sites excluding steroid dienone is 1. The van der Waals surface area contributed by atoms with Crippen LogP contribution in [0.15, 0.2) is 42.2 Å². The normalized spacial score (nSPS) is 20.9. The van der Waals surface area contributed by atoms with Gasteiger partial charge in [-0.3, -0.25) is 9.69 Å². The Hall–Kier alpha value is -2.79. The van der Waals surface area contributed by atoms with Crippen molar-refractivity contribution in [3.63, 3.8) is 0 Å². The second-order valence-corrected chi connectivity index (χ2v) is 7.64. The molecule has 2 aromatic carbocycles. The number of ether oxygens (including phenoxy) is 2. The molecule has 0 unspecified atom stereocenters. The predicted octanol–water partition coefficient (Wildman–Crippen LogP) is 4.25. The van der Waals surface area contributed by atoms with Crippen molar-refractivity contribution in [3.05, 3.63) is 58.8 Å². The Labute approximate surface area is 165 Å². The minimum Gasteiger partial charge on any atom is -0.507 e. The fourth-order valence-corrected chi connectivity index (χ4v) is 3.99. The number of hydrogen-bond donors (Lipinski definition) is 1. The zero-order valence-electron chi connectivity index (χ0n) is 16.3. The molecule has 0 bridgehead atoms. The summed E-state index contributed by atoms with van der Waals surface area (Å²) in [6.07, 6.45) is 4.10. The lowest BCUT2D eigenvalue weighted by molar-refractivity contribution is 0.101. The highest BCUT2D eigenvalue weighted by molar-refractivity contribution is 6.15. The molecular weight excluding hydrogens is 354 g/mol. The molecule has 0 aliphatic carbocycles. The summed E-state index contributed by atoms with van der Waals surface area (Å²) >= 11 is 0. The number of Topliss-reactive ketones (excluding diaryl/α,β-unsaturated/α-hetero) is 1. The maximum atomic E-state index is 12.8. The molecule has 0 radical (unpaired) electrons. The molecule has 1 saturated heterocycles. The third kappa shape index (κ3) is 3.62. The van der Waals surface area contributed by atoms with Crippen LogP contribution < -0.4 is 9.47 Å². The first-order valence-corrected chi connectivity index (χ1v) is 9.70. The van der Waals surface area contributed by atoms with E-state index in [1.807, 2.05) is 24.3 Å². The van der Waals surface area contributed by atoms with Crippen LogP contribution in [0.2, 0.25) is 0 Å². The summed E-state index contributed by atoms with van der Waals surface area (Å²) in [5.41, 5.74) is 2.02. The molecule has 146 valence electrons. The van der Waals surface area contributed by atoms with E-state index >= 15 is 0 Å².